The summed E-state index contributed by atoms with van der Waals surface area (Å²) in [6.07, 6.45) is 5.39. The fourth-order valence-electron chi connectivity index (χ4n) is 0.903. The molecular weight excluding hydrogens is 186 g/mol. The zero-order valence-corrected chi connectivity index (χ0v) is 8.17. The molecule has 0 saturated carbocycles. The molecule has 13 heavy (non-hydrogen) atoms. The zero-order valence-electron chi connectivity index (χ0n) is 7.42. The van der Waals surface area contributed by atoms with Gasteiger partial charge < -0.3 is 11.1 Å². The Morgan fingerprint density at radius 2 is 2.46 bits per heavy atom. The van der Waals surface area contributed by atoms with Gasteiger partial charge in [0.05, 0.1) is 5.02 Å². The van der Waals surface area contributed by atoms with E-state index in [0.717, 1.165) is 12.1 Å². The second-order valence-electron chi connectivity index (χ2n) is 2.59. The predicted molar refractivity (Wildman–Crippen MR) is 56.6 cm³/mol. The summed E-state index contributed by atoms with van der Waals surface area (Å²) in [7, 11) is 1.88. The Labute approximate surface area is 82.6 Å². The molecule has 3 N–H and O–H groups in total. The maximum atomic E-state index is 5.76. The van der Waals surface area contributed by atoms with Crippen LogP contribution in [-0.2, 0) is 0 Å². The van der Waals surface area contributed by atoms with Crippen LogP contribution in [0.15, 0.2) is 18.3 Å². The van der Waals surface area contributed by atoms with Gasteiger partial charge in [-0.25, -0.2) is 4.98 Å². The molecule has 0 aromatic carbocycles. The molecule has 4 heteroatoms. The van der Waals surface area contributed by atoms with Crippen LogP contribution in [0.5, 0.6) is 0 Å². The van der Waals surface area contributed by atoms with Gasteiger partial charge in [-0.15, -0.1) is 0 Å². The van der Waals surface area contributed by atoms with Crippen molar-refractivity contribution in [2.45, 2.75) is 0 Å². The van der Waals surface area contributed by atoms with Gasteiger partial charge in [0.15, 0.2) is 0 Å². The number of hydrogen-bond donors (Lipinski definition) is 2. The van der Waals surface area contributed by atoms with E-state index < -0.39 is 0 Å². The van der Waals surface area contributed by atoms with Crippen LogP contribution >= 0.6 is 11.6 Å². The van der Waals surface area contributed by atoms with E-state index in [2.05, 4.69) is 10.3 Å². The fourth-order valence-corrected chi connectivity index (χ4v) is 1.07. The van der Waals surface area contributed by atoms with E-state index in [0.29, 0.717) is 10.8 Å². The van der Waals surface area contributed by atoms with Crippen molar-refractivity contribution >= 4 is 23.5 Å². The maximum Gasteiger partial charge on any atom is 0.130 e. The lowest BCUT2D eigenvalue weighted by Gasteiger charge is -1.99. The van der Waals surface area contributed by atoms with Crippen LogP contribution in [0.25, 0.3) is 6.08 Å². The minimum absolute atomic E-state index is 0.497. The predicted octanol–water partition coefficient (Wildman–Crippen LogP) is 1.55. The van der Waals surface area contributed by atoms with E-state index >= 15 is 0 Å². The van der Waals surface area contributed by atoms with Crippen LogP contribution in [0, 0.1) is 0 Å². The Hall–Kier alpha value is -1.06. The van der Waals surface area contributed by atoms with Crippen molar-refractivity contribution in [2.75, 3.05) is 19.3 Å². The lowest BCUT2D eigenvalue weighted by molar-refractivity contribution is 0.922. The van der Waals surface area contributed by atoms with Gasteiger partial charge >= 0.3 is 0 Å². The molecule has 0 atom stereocenters. The SMILES string of the molecule is CNCC=Cc1cc(Cl)cnc1N. The van der Waals surface area contributed by atoms with Gasteiger partial charge in [-0.2, -0.15) is 0 Å². The second-order valence-corrected chi connectivity index (χ2v) is 3.02. The molecule has 0 bridgehead atoms. The Morgan fingerprint density at radius 1 is 1.69 bits per heavy atom. The van der Waals surface area contributed by atoms with Crippen molar-refractivity contribution in [3.8, 4) is 0 Å². The van der Waals surface area contributed by atoms with E-state index in [-0.39, 0.29) is 0 Å². The van der Waals surface area contributed by atoms with Crippen LogP contribution < -0.4 is 11.1 Å². The summed E-state index contributed by atoms with van der Waals surface area (Å²) in [5, 5.41) is 3.59. The molecule has 1 heterocycles. The number of halogens is 1. The highest BCUT2D eigenvalue weighted by Gasteiger charge is 1.96. The summed E-state index contributed by atoms with van der Waals surface area (Å²) < 4.78 is 0. The Kier molecular flexibility index (Phi) is 3.73. The average molecular weight is 198 g/mol. The number of likely N-dealkylation sites (N-methyl/N-ethyl adjacent to an activating group) is 1. The normalized spacial score (nSPS) is 10.9. The minimum Gasteiger partial charge on any atom is -0.383 e. The third kappa shape index (κ3) is 3.05. The molecule has 0 spiro atoms. The molecule has 0 saturated heterocycles. The van der Waals surface area contributed by atoms with Gasteiger partial charge in [-0.05, 0) is 13.1 Å². The second kappa shape index (κ2) is 4.84. The van der Waals surface area contributed by atoms with Crippen molar-refractivity contribution in [2.24, 2.45) is 0 Å². The van der Waals surface area contributed by atoms with E-state index in [1.807, 2.05) is 19.2 Å². The van der Waals surface area contributed by atoms with Crippen LogP contribution in [0.2, 0.25) is 5.02 Å². The molecule has 1 aromatic rings. The molecule has 1 aromatic heterocycles. The van der Waals surface area contributed by atoms with E-state index in [1.54, 1.807) is 6.07 Å². The number of anilines is 1. The van der Waals surface area contributed by atoms with Crippen LogP contribution in [-0.4, -0.2) is 18.6 Å². The Balaban J connectivity index is 2.81. The fraction of sp³-hybridized carbons (Fsp3) is 0.222. The molecular formula is C9H12ClN3. The zero-order chi connectivity index (χ0) is 9.68. The largest absolute Gasteiger partial charge is 0.383 e. The number of rotatable bonds is 3. The molecule has 0 aliphatic carbocycles. The van der Waals surface area contributed by atoms with Crippen molar-refractivity contribution < 1.29 is 0 Å². The highest BCUT2D eigenvalue weighted by molar-refractivity contribution is 6.30. The first-order valence-corrected chi connectivity index (χ1v) is 4.34. The quantitative estimate of drug-likeness (QED) is 0.773. The number of nitrogens with one attached hydrogen (secondary N) is 1. The first-order chi connectivity index (χ1) is 6.24. The standard InChI is InChI=1S/C9H12ClN3/c1-12-4-2-3-7-5-8(10)6-13-9(7)11/h2-3,5-6,12H,4H2,1H3,(H2,11,13). The topological polar surface area (TPSA) is 50.9 Å². The van der Waals surface area contributed by atoms with E-state index in [1.165, 1.54) is 6.20 Å². The molecule has 70 valence electrons. The molecule has 0 aliphatic heterocycles. The van der Waals surface area contributed by atoms with E-state index in [9.17, 15) is 0 Å². The molecule has 0 fully saturated rings. The number of nitrogen functional groups attached to an aromatic ring is 1. The molecule has 1 rings (SSSR count). The Bertz CT molecular complexity index is 310. The van der Waals surface area contributed by atoms with Crippen molar-refractivity contribution in [3.63, 3.8) is 0 Å². The first-order valence-electron chi connectivity index (χ1n) is 3.96. The third-order valence-electron chi connectivity index (χ3n) is 1.54. The molecule has 0 amide bonds. The van der Waals surface area contributed by atoms with Gasteiger partial charge in [0.2, 0.25) is 0 Å². The highest BCUT2D eigenvalue weighted by Crippen LogP contribution is 2.15. The number of nitrogens with zero attached hydrogens (tertiary/aromatic N) is 1. The van der Waals surface area contributed by atoms with E-state index in [4.69, 9.17) is 17.3 Å². The summed E-state index contributed by atoms with van der Waals surface area (Å²) in [6, 6.07) is 1.79. The minimum atomic E-state index is 0.497. The number of nitrogens with two attached hydrogens (primary N) is 1. The van der Waals surface area contributed by atoms with Crippen LogP contribution in [0.4, 0.5) is 5.82 Å². The molecule has 0 radical (unpaired) electrons. The van der Waals surface area contributed by atoms with Gasteiger partial charge in [-0.3, -0.25) is 0 Å². The summed E-state index contributed by atoms with van der Waals surface area (Å²) in [5.74, 6) is 0.497. The summed E-state index contributed by atoms with van der Waals surface area (Å²) >= 11 is 5.76. The lowest BCUT2D eigenvalue weighted by Crippen LogP contribution is -2.03. The summed E-state index contributed by atoms with van der Waals surface area (Å²) in [4.78, 5) is 3.93. The van der Waals surface area contributed by atoms with Gasteiger partial charge in [-0.1, -0.05) is 23.8 Å². The third-order valence-corrected chi connectivity index (χ3v) is 1.74. The summed E-state index contributed by atoms with van der Waals surface area (Å²) in [6.45, 7) is 0.798. The highest BCUT2D eigenvalue weighted by atomic mass is 35.5. The Morgan fingerprint density at radius 3 is 3.15 bits per heavy atom. The van der Waals surface area contributed by atoms with Gasteiger partial charge in [0.1, 0.15) is 5.82 Å². The van der Waals surface area contributed by atoms with Crippen molar-refractivity contribution in [1.82, 2.24) is 10.3 Å². The lowest BCUT2D eigenvalue weighted by atomic mass is 10.2. The number of hydrogen-bond acceptors (Lipinski definition) is 3. The summed E-state index contributed by atoms with van der Waals surface area (Å²) in [5.41, 5.74) is 6.48. The smallest absolute Gasteiger partial charge is 0.130 e. The van der Waals surface area contributed by atoms with Crippen molar-refractivity contribution in [3.05, 3.63) is 28.9 Å². The van der Waals surface area contributed by atoms with Crippen LogP contribution in [0.3, 0.4) is 0 Å². The molecule has 0 unspecified atom stereocenters. The van der Waals surface area contributed by atoms with Crippen molar-refractivity contribution in [1.29, 1.82) is 0 Å². The molecule has 0 aliphatic rings. The number of pyridine rings is 1. The molecule has 3 nitrogen and oxygen atoms in total. The average Bonchev–Trinajstić information content (AvgIpc) is 2.11. The number of aromatic nitrogens is 1. The van der Waals surface area contributed by atoms with Gasteiger partial charge in [0.25, 0.3) is 0 Å². The maximum absolute atomic E-state index is 5.76. The first kappa shape index (κ1) is 10.0. The van der Waals surface area contributed by atoms with Crippen LogP contribution in [0.1, 0.15) is 5.56 Å². The monoisotopic (exact) mass is 197 g/mol. The van der Waals surface area contributed by atoms with Gasteiger partial charge in [0, 0.05) is 18.3 Å².